The number of thioether (sulfide) groups is 1. The van der Waals surface area contributed by atoms with Crippen LogP contribution in [0.2, 0.25) is 0 Å². The summed E-state index contributed by atoms with van der Waals surface area (Å²) in [5.41, 5.74) is 3.58. The van der Waals surface area contributed by atoms with Crippen molar-refractivity contribution < 1.29 is 14.7 Å². The molecule has 0 spiro atoms. The lowest BCUT2D eigenvalue weighted by Crippen LogP contribution is -2.48. The van der Waals surface area contributed by atoms with Crippen molar-refractivity contribution in [3.63, 3.8) is 0 Å². The predicted molar refractivity (Wildman–Crippen MR) is 114 cm³/mol. The zero-order valence-electron chi connectivity index (χ0n) is 16.0. The van der Waals surface area contributed by atoms with Gasteiger partial charge in [0.2, 0.25) is 0 Å². The molecule has 27 heavy (non-hydrogen) atoms. The third-order valence-corrected chi connectivity index (χ3v) is 6.57. The number of rotatable bonds is 4. The van der Waals surface area contributed by atoms with E-state index in [1.807, 2.05) is 12.1 Å². The molecule has 1 aromatic rings. The maximum atomic E-state index is 12.5. The first-order valence-electron chi connectivity index (χ1n) is 9.02. The zero-order valence-corrected chi connectivity index (χ0v) is 17.6. The number of benzene rings is 1. The Morgan fingerprint density at radius 1 is 1.44 bits per heavy atom. The summed E-state index contributed by atoms with van der Waals surface area (Å²) in [6.07, 6.45) is 2.88. The van der Waals surface area contributed by atoms with Crippen molar-refractivity contribution in [3.8, 4) is 0 Å². The predicted octanol–water partition coefficient (Wildman–Crippen LogP) is 4.08. The van der Waals surface area contributed by atoms with Gasteiger partial charge in [0.25, 0.3) is 5.91 Å². The van der Waals surface area contributed by atoms with Crippen molar-refractivity contribution in [3.05, 3.63) is 34.2 Å². The van der Waals surface area contributed by atoms with Gasteiger partial charge in [0.15, 0.2) is 0 Å². The molecule has 2 aliphatic rings. The van der Waals surface area contributed by atoms with E-state index in [9.17, 15) is 9.59 Å². The molecular weight excluding hydrogens is 380 g/mol. The fourth-order valence-electron chi connectivity index (χ4n) is 4.12. The van der Waals surface area contributed by atoms with E-state index in [1.54, 1.807) is 0 Å². The van der Waals surface area contributed by atoms with Crippen LogP contribution in [-0.4, -0.2) is 44.8 Å². The summed E-state index contributed by atoms with van der Waals surface area (Å²) < 4.78 is 0.291. The molecule has 1 atom stereocenters. The SMILES string of the molecule is CCN1c2ccc(/C=C3/SC(=S)N(CC(=O)O)C3=O)cc2[C@@H](C)CC1(C)C. The van der Waals surface area contributed by atoms with Crippen LogP contribution in [0.15, 0.2) is 23.1 Å². The number of carbonyl (C=O) groups is 2. The molecular formula is C20H24N2O3S2. The number of aliphatic carboxylic acids is 1. The normalized spacial score (nSPS) is 23.1. The van der Waals surface area contributed by atoms with E-state index in [0.717, 1.165) is 35.2 Å². The molecule has 3 rings (SSSR count). The Morgan fingerprint density at radius 3 is 2.78 bits per heavy atom. The van der Waals surface area contributed by atoms with Crippen molar-refractivity contribution in [2.24, 2.45) is 0 Å². The van der Waals surface area contributed by atoms with Gasteiger partial charge in [-0.15, -0.1) is 0 Å². The van der Waals surface area contributed by atoms with Crippen molar-refractivity contribution in [1.29, 1.82) is 0 Å². The minimum atomic E-state index is -1.07. The maximum absolute atomic E-state index is 12.5. The molecule has 144 valence electrons. The molecule has 0 saturated carbocycles. The second kappa shape index (κ2) is 7.28. The first-order chi connectivity index (χ1) is 12.6. The lowest BCUT2D eigenvalue weighted by molar-refractivity contribution is -0.140. The quantitative estimate of drug-likeness (QED) is 0.603. The number of carbonyl (C=O) groups excluding carboxylic acids is 1. The zero-order chi connectivity index (χ0) is 19.9. The standard InChI is InChI=1S/C20H24N2O3S2/c1-5-22-15-7-6-13(8-14(15)12(2)10-20(22,3)4)9-16-18(25)21(11-17(23)24)19(26)27-16/h6-9,12H,5,10-11H2,1-4H3,(H,23,24)/b16-9+/t12-/m0/s1. The number of carboxylic acids is 1. The van der Waals surface area contributed by atoms with E-state index < -0.39 is 12.5 Å². The third kappa shape index (κ3) is 3.75. The van der Waals surface area contributed by atoms with E-state index in [2.05, 4.69) is 44.7 Å². The highest BCUT2D eigenvalue weighted by Gasteiger charge is 2.36. The number of hydrogen-bond acceptors (Lipinski definition) is 5. The van der Waals surface area contributed by atoms with Gasteiger partial charge in [-0.2, -0.15) is 0 Å². The molecule has 2 aliphatic heterocycles. The average Bonchev–Trinajstić information content (AvgIpc) is 2.82. The summed E-state index contributed by atoms with van der Waals surface area (Å²) >= 11 is 6.32. The number of nitrogens with zero attached hydrogens (tertiary/aromatic N) is 2. The maximum Gasteiger partial charge on any atom is 0.323 e. The number of anilines is 1. The van der Waals surface area contributed by atoms with Crippen LogP contribution in [0.1, 0.15) is 51.2 Å². The second-order valence-corrected chi connectivity index (χ2v) is 9.32. The first-order valence-corrected chi connectivity index (χ1v) is 10.2. The molecule has 5 nitrogen and oxygen atoms in total. The Hall–Kier alpha value is -1.86. The molecule has 0 aromatic heterocycles. The van der Waals surface area contributed by atoms with E-state index in [0.29, 0.717) is 15.1 Å². The highest BCUT2D eigenvalue weighted by Crippen LogP contribution is 2.44. The van der Waals surface area contributed by atoms with Crippen molar-refractivity contribution in [1.82, 2.24) is 4.90 Å². The van der Waals surface area contributed by atoms with Crippen molar-refractivity contribution in [2.75, 3.05) is 18.0 Å². The first kappa shape index (κ1) is 19.9. The number of carboxylic acid groups (broad SMARTS) is 1. The van der Waals surface area contributed by atoms with Crippen LogP contribution in [-0.2, 0) is 9.59 Å². The number of thiocarbonyl (C=S) groups is 1. The van der Waals surface area contributed by atoms with E-state index in [1.165, 1.54) is 11.3 Å². The Morgan fingerprint density at radius 2 is 2.15 bits per heavy atom. The largest absolute Gasteiger partial charge is 0.480 e. The van der Waals surface area contributed by atoms with Gasteiger partial charge in [0.05, 0.1) is 4.91 Å². The van der Waals surface area contributed by atoms with Crippen LogP contribution >= 0.6 is 24.0 Å². The summed E-state index contributed by atoms with van der Waals surface area (Å²) in [5, 5.41) is 8.95. The molecule has 1 amide bonds. The van der Waals surface area contributed by atoms with Gasteiger partial charge < -0.3 is 10.0 Å². The number of amides is 1. The van der Waals surface area contributed by atoms with Gasteiger partial charge in [-0.25, -0.2) is 0 Å². The number of fused-ring (bicyclic) bond motifs is 1. The Balaban J connectivity index is 1.93. The summed E-state index contributed by atoms with van der Waals surface area (Å²) in [4.78, 5) is 27.4. The van der Waals surface area contributed by atoms with Crippen LogP contribution in [0.5, 0.6) is 0 Å². The van der Waals surface area contributed by atoms with E-state index in [-0.39, 0.29) is 11.4 Å². The minimum Gasteiger partial charge on any atom is -0.480 e. The second-order valence-electron chi connectivity index (χ2n) is 7.64. The lowest BCUT2D eigenvalue weighted by atomic mass is 9.79. The van der Waals surface area contributed by atoms with Gasteiger partial charge in [0, 0.05) is 17.8 Å². The van der Waals surface area contributed by atoms with Crippen LogP contribution < -0.4 is 4.90 Å². The molecule has 2 heterocycles. The monoisotopic (exact) mass is 404 g/mol. The molecule has 0 radical (unpaired) electrons. The minimum absolute atomic E-state index is 0.113. The van der Waals surface area contributed by atoms with Gasteiger partial charge in [-0.1, -0.05) is 37.0 Å². The summed E-state index contributed by atoms with van der Waals surface area (Å²) in [7, 11) is 0. The van der Waals surface area contributed by atoms with Gasteiger partial charge >= 0.3 is 5.97 Å². The highest BCUT2D eigenvalue weighted by molar-refractivity contribution is 8.26. The van der Waals surface area contributed by atoms with Crippen LogP contribution in [0, 0.1) is 0 Å². The average molecular weight is 405 g/mol. The van der Waals surface area contributed by atoms with Gasteiger partial charge in [0.1, 0.15) is 10.9 Å². The molecule has 1 N–H and O–H groups in total. The number of hydrogen-bond donors (Lipinski definition) is 1. The fourth-order valence-corrected chi connectivity index (χ4v) is 5.38. The summed E-state index contributed by atoms with van der Waals surface area (Å²) in [5.74, 6) is -0.986. The lowest BCUT2D eigenvalue weighted by Gasteiger charge is -2.47. The smallest absolute Gasteiger partial charge is 0.323 e. The summed E-state index contributed by atoms with van der Waals surface area (Å²) in [6, 6.07) is 6.28. The van der Waals surface area contributed by atoms with Gasteiger partial charge in [-0.3, -0.25) is 14.5 Å². The van der Waals surface area contributed by atoms with E-state index >= 15 is 0 Å². The molecule has 1 fully saturated rings. The highest BCUT2D eigenvalue weighted by atomic mass is 32.2. The molecule has 7 heteroatoms. The van der Waals surface area contributed by atoms with Crippen LogP contribution in [0.3, 0.4) is 0 Å². The topological polar surface area (TPSA) is 60.9 Å². The Kier molecular flexibility index (Phi) is 5.36. The molecule has 0 bridgehead atoms. The molecule has 1 saturated heterocycles. The van der Waals surface area contributed by atoms with E-state index in [4.69, 9.17) is 17.3 Å². The van der Waals surface area contributed by atoms with Crippen LogP contribution in [0.4, 0.5) is 5.69 Å². The van der Waals surface area contributed by atoms with Crippen molar-refractivity contribution >= 4 is 51.9 Å². The summed E-state index contributed by atoms with van der Waals surface area (Å²) in [6.45, 7) is 9.51. The molecule has 0 aliphatic carbocycles. The molecule has 1 aromatic carbocycles. The Labute approximate surface area is 169 Å². The Bertz CT molecular complexity index is 848. The molecule has 0 unspecified atom stereocenters. The fraction of sp³-hybridized carbons (Fsp3) is 0.450. The third-order valence-electron chi connectivity index (χ3n) is 5.19. The van der Waals surface area contributed by atoms with Crippen LogP contribution in [0.25, 0.3) is 6.08 Å². The van der Waals surface area contributed by atoms with Gasteiger partial charge in [-0.05, 0) is 62.4 Å². The van der Waals surface area contributed by atoms with Crippen molar-refractivity contribution in [2.45, 2.75) is 45.6 Å².